The van der Waals surface area contributed by atoms with E-state index in [2.05, 4.69) is 10.6 Å². The van der Waals surface area contributed by atoms with Crippen LogP contribution in [0.2, 0.25) is 0 Å². The lowest BCUT2D eigenvalue weighted by Gasteiger charge is -2.13. The summed E-state index contributed by atoms with van der Waals surface area (Å²) in [6.45, 7) is 3.85. The minimum Gasteiger partial charge on any atom is -0.391 e. The number of thiophene rings is 1. The zero-order valence-electron chi connectivity index (χ0n) is 9.19. The van der Waals surface area contributed by atoms with Crippen molar-refractivity contribution >= 4 is 17.2 Å². The summed E-state index contributed by atoms with van der Waals surface area (Å²) < 4.78 is 0. The molecule has 0 spiro atoms. The molecule has 1 aromatic rings. The first-order chi connectivity index (χ1) is 7.68. The number of rotatable bonds is 3. The Balaban J connectivity index is 1.86. The molecule has 2 rings (SSSR count). The number of nitrogens with one attached hydrogen (secondary N) is 2. The fraction of sp³-hybridized carbons (Fsp3) is 0.545. The molecule has 1 aliphatic heterocycles. The first-order valence-electron chi connectivity index (χ1n) is 5.39. The van der Waals surface area contributed by atoms with Crippen LogP contribution in [0.25, 0.3) is 0 Å². The van der Waals surface area contributed by atoms with E-state index in [1.54, 1.807) is 0 Å². The van der Waals surface area contributed by atoms with E-state index < -0.39 is 0 Å². The third-order valence-corrected chi connectivity index (χ3v) is 3.91. The van der Waals surface area contributed by atoms with E-state index in [4.69, 9.17) is 0 Å². The highest BCUT2D eigenvalue weighted by Crippen LogP contribution is 2.15. The van der Waals surface area contributed by atoms with E-state index in [9.17, 15) is 9.90 Å². The molecule has 1 fully saturated rings. The second-order valence-corrected chi connectivity index (χ2v) is 5.04. The van der Waals surface area contributed by atoms with Crippen LogP contribution in [0, 0.1) is 12.8 Å². The predicted molar refractivity (Wildman–Crippen MR) is 63.8 cm³/mol. The molecule has 5 heteroatoms. The van der Waals surface area contributed by atoms with Gasteiger partial charge in [0.05, 0.1) is 11.0 Å². The summed E-state index contributed by atoms with van der Waals surface area (Å²) in [4.78, 5) is 12.6. The van der Waals surface area contributed by atoms with E-state index >= 15 is 0 Å². The molecule has 88 valence electrons. The number of aliphatic hydroxyl groups is 1. The summed E-state index contributed by atoms with van der Waals surface area (Å²) in [6.07, 6.45) is -0.343. The van der Waals surface area contributed by atoms with Crippen LogP contribution in [0.5, 0.6) is 0 Å². The van der Waals surface area contributed by atoms with Crippen molar-refractivity contribution in [2.75, 3.05) is 19.6 Å². The van der Waals surface area contributed by atoms with Crippen molar-refractivity contribution in [3.05, 3.63) is 21.9 Å². The summed E-state index contributed by atoms with van der Waals surface area (Å²) >= 11 is 1.45. The molecule has 1 saturated heterocycles. The Labute approximate surface area is 98.7 Å². The Hall–Kier alpha value is -0.910. The van der Waals surface area contributed by atoms with Gasteiger partial charge in [0.1, 0.15) is 0 Å². The lowest BCUT2D eigenvalue weighted by molar-refractivity contribution is 0.0930. The van der Waals surface area contributed by atoms with E-state index in [0.29, 0.717) is 13.1 Å². The maximum absolute atomic E-state index is 11.8. The number of carbonyl (C=O) groups excluding carboxylic acids is 1. The van der Waals surface area contributed by atoms with Crippen LogP contribution in [-0.4, -0.2) is 36.8 Å². The number of hydrogen-bond acceptors (Lipinski definition) is 4. The van der Waals surface area contributed by atoms with Crippen LogP contribution in [0.3, 0.4) is 0 Å². The lowest BCUT2D eigenvalue weighted by Crippen LogP contribution is -2.34. The summed E-state index contributed by atoms with van der Waals surface area (Å²) in [5.41, 5.74) is 1.01. The fourth-order valence-corrected chi connectivity index (χ4v) is 2.68. The molecule has 1 amide bonds. The molecule has 3 N–H and O–H groups in total. The molecule has 4 nitrogen and oxygen atoms in total. The van der Waals surface area contributed by atoms with Crippen LogP contribution in [0.15, 0.2) is 11.4 Å². The third kappa shape index (κ3) is 2.42. The van der Waals surface area contributed by atoms with Gasteiger partial charge in [0.15, 0.2) is 0 Å². The monoisotopic (exact) mass is 240 g/mol. The summed E-state index contributed by atoms with van der Waals surface area (Å²) in [6, 6.07) is 1.94. The SMILES string of the molecule is Cc1ccsc1C(=O)NCC1CNCC1O. The largest absolute Gasteiger partial charge is 0.391 e. The Bertz CT molecular complexity index is 378. The number of carbonyl (C=O) groups is 1. The van der Waals surface area contributed by atoms with Gasteiger partial charge in [-0.2, -0.15) is 0 Å². The summed E-state index contributed by atoms with van der Waals surface area (Å²) in [5.74, 6) is 0.0934. The maximum atomic E-state index is 11.8. The molecule has 2 heterocycles. The molecular weight excluding hydrogens is 224 g/mol. The van der Waals surface area contributed by atoms with Gasteiger partial charge in [0.2, 0.25) is 0 Å². The van der Waals surface area contributed by atoms with Crippen molar-refractivity contribution < 1.29 is 9.90 Å². The second kappa shape index (κ2) is 4.95. The van der Waals surface area contributed by atoms with Gasteiger partial charge in [-0.05, 0) is 23.9 Å². The molecular formula is C11H16N2O2S. The van der Waals surface area contributed by atoms with Gasteiger partial charge in [-0.25, -0.2) is 0 Å². The first-order valence-corrected chi connectivity index (χ1v) is 6.27. The fourth-order valence-electron chi connectivity index (χ4n) is 1.84. The topological polar surface area (TPSA) is 61.4 Å². The predicted octanol–water partition coefficient (Wildman–Crippen LogP) is 0.367. The number of aliphatic hydroxyl groups excluding tert-OH is 1. The van der Waals surface area contributed by atoms with E-state index in [1.165, 1.54) is 11.3 Å². The summed E-state index contributed by atoms with van der Waals surface area (Å²) in [7, 11) is 0. The summed E-state index contributed by atoms with van der Waals surface area (Å²) in [5, 5.41) is 17.5. The molecule has 0 aromatic carbocycles. The van der Waals surface area contributed by atoms with Crippen molar-refractivity contribution in [3.63, 3.8) is 0 Å². The van der Waals surface area contributed by atoms with E-state index in [0.717, 1.165) is 17.0 Å². The minimum atomic E-state index is -0.343. The van der Waals surface area contributed by atoms with Gasteiger partial charge in [0, 0.05) is 25.6 Å². The van der Waals surface area contributed by atoms with Crippen molar-refractivity contribution in [3.8, 4) is 0 Å². The number of aryl methyl sites for hydroxylation is 1. The van der Waals surface area contributed by atoms with Crippen LogP contribution in [0.1, 0.15) is 15.2 Å². The highest BCUT2D eigenvalue weighted by molar-refractivity contribution is 7.12. The average molecular weight is 240 g/mol. The van der Waals surface area contributed by atoms with Gasteiger partial charge in [0.25, 0.3) is 5.91 Å². The molecule has 2 unspecified atom stereocenters. The normalized spacial score (nSPS) is 24.6. The lowest BCUT2D eigenvalue weighted by atomic mass is 10.1. The third-order valence-electron chi connectivity index (χ3n) is 2.90. The standard InChI is InChI=1S/C11H16N2O2S/c1-7-2-3-16-10(7)11(15)13-5-8-4-12-6-9(8)14/h2-3,8-9,12,14H,4-6H2,1H3,(H,13,15). The maximum Gasteiger partial charge on any atom is 0.261 e. The Morgan fingerprint density at radius 1 is 1.69 bits per heavy atom. The quantitative estimate of drug-likeness (QED) is 0.715. The van der Waals surface area contributed by atoms with Crippen LogP contribution in [0.4, 0.5) is 0 Å². The van der Waals surface area contributed by atoms with Crippen LogP contribution < -0.4 is 10.6 Å². The second-order valence-electron chi connectivity index (χ2n) is 4.13. The molecule has 1 aromatic heterocycles. The zero-order valence-corrected chi connectivity index (χ0v) is 10.0. The smallest absolute Gasteiger partial charge is 0.261 e. The van der Waals surface area contributed by atoms with Gasteiger partial charge in [-0.1, -0.05) is 0 Å². The number of amides is 1. The molecule has 1 aliphatic rings. The van der Waals surface area contributed by atoms with Gasteiger partial charge < -0.3 is 15.7 Å². The molecule has 0 bridgehead atoms. The molecule has 0 aliphatic carbocycles. The van der Waals surface area contributed by atoms with Crippen molar-refractivity contribution in [1.29, 1.82) is 0 Å². The van der Waals surface area contributed by atoms with E-state index in [1.807, 2.05) is 18.4 Å². The van der Waals surface area contributed by atoms with Gasteiger partial charge >= 0.3 is 0 Å². The van der Waals surface area contributed by atoms with Crippen LogP contribution in [-0.2, 0) is 0 Å². The Kier molecular flexibility index (Phi) is 3.58. The van der Waals surface area contributed by atoms with Crippen LogP contribution >= 0.6 is 11.3 Å². The average Bonchev–Trinajstić information content (AvgIpc) is 2.84. The number of β-amino-alcohol motifs (C(OH)–C–C–N with tert-alkyl or cyclic N) is 1. The highest BCUT2D eigenvalue weighted by Gasteiger charge is 2.25. The zero-order chi connectivity index (χ0) is 11.5. The van der Waals surface area contributed by atoms with Gasteiger partial charge in [-0.15, -0.1) is 11.3 Å². The van der Waals surface area contributed by atoms with E-state index in [-0.39, 0.29) is 17.9 Å². The molecule has 0 radical (unpaired) electrons. The Morgan fingerprint density at radius 2 is 2.50 bits per heavy atom. The number of hydrogen-bond donors (Lipinski definition) is 3. The highest BCUT2D eigenvalue weighted by atomic mass is 32.1. The van der Waals surface area contributed by atoms with Gasteiger partial charge in [-0.3, -0.25) is 4.79 Å². The van der Waals surface area contributed by atoms with Crippen molar-refractivity contribution in [2.45, 2.75) is 13.0 Å². The van der Waals surface area contributed by atoms with Crippen molar-refractivity contribution in [2.24, 2.45) is 5.92 Å². The Morgan fingerprint density at radius 3 is 3.06 bits per heavy atom. The molecule has 2 atom stereocenters. The molecule has 0 saturated carbocycles. The van der Waals surface area contributed by atoms with Crippen molar-refractivity contribution in [1.82, 2.24) is 10.6 Å². The first kappa shape index (κ1) is 11.6. The molecule has 16 heavy (non-hydrogen) atoms. The minimum absolute atomic E-state index is 0.0356.